The molecule has 0 unspecified atom stereocenters. The maximum atomic E-state index is 5.81. The van der Waals surface area contributed by atoms with E-state index in [1.807, 2.05) is 12.1 Å². The number of hydrogen-bond acceptors (Lipinski definition) is 2. The number of nitrogens with two attached hydrogens (primary N) is 1. The molecule has 2 rings (SSSR count). The number of halogens is 1. The minimum Gasteiger partial charge on any atom is -0.399 e. The van der Waals surface area contributed by atoms with E-state index in [1.54, 1.807) is 0 Å². The Labute approximate surface area is 123 Å². The predicted octanol–water partition coefficient (Wildman–Crippen LogP) is 4.09. The van der Waals surface area contributed by atoms with Crippen LogP contribution in [0.5, 0.6) is 0 Å². The van der Waals surface area contributed by atoms with Gasteiger partial charge in [-0.05, 0) is 43.6 Å². The van der Waals surface area contributed by atoms with Crippen molar-refractivity contribution >= 4 is 18.1 Å². The van der Waals surface area contributed by atoms with Gasteiger partial charge >= 0.3 is 0 Å². The fraction of sp³-hybridized carbons (Fsp3) is 0.625. The molecule has 0 radical (unpaired) electrons. The highest BCUT2D eigenvalue weighted by atomic mass is 35.5. The average molecular weight is 283 g/mol. The second-order valence-electron chi connectivity index (χ2n) is 5.78. The largest absolute Gasteiger partial charge is 0.399 e. The lowest BCUT2D eigenvalue weighted by atomic mass is 9.87. The fourth-order valence-corrected chi connectivity index (χ4v) is 2.96. The quantitative estimate of drug-likeness (QED) is 0.824. The standard InChI is InChI=1S/C16H26N2.ClH/c1-18(11-10-14-6-3-2-4-7-14)13-15-8-5-9-16(17)12-15;/h5,8-9,12,14H,2-4,6-7,10-11,13,17H2,1H3;1H. The second kappa shape index (κ2) is 8.44. The molecule has 0 aliphatic heterocycles. The Morgan fingerprint density at radius 1 is 1.21 bits per heavy atom. The number of rotatable bonds is 5. The van der Waals surface area contributed by atoms with Gasteiger partial charge in [0.05, 0.1) is 0 Å². The molecule has 0 saturated heterocycles. The third-order valence-electron chi connectivity index (χ3n) is 4.05. The average Bonchev–Trinajstić information content (AvgIpc) is 2.38. The molecule has 1 aliphatic carbocycles. The highest BCUT2D eigenvalue weighted by Gasteiger charge is 2.13. The first-order valence-corrected chi connectivity index (χ1v) is 7.27. The lowest BCUT2D eigenvalue weighted by Gasteiger charge is -2.24. The van der Waals surface area contributed by atoms with Crippen molar-refractivity contribution in [1.82, 2.24) is 4.90 Å². The molecule has 1 aromatic carbocycles. The summed E-state index contributed by atoms with van der Waals surface area (Å²) in [4.78, 5) is 2.42. The first kappa shape index (κ1) is 16.3. The highest BCUT2D eigenvalue weighted by molar-refractivity contribution is 5.85. The summed E-state index contributed by atoms with van der Waals surface area (Å²) in [5.41, 5.74) is 8.00. The SMILES string of the molecule is CN(CCC1CCCCC1)Cc1cccc(N)c1.Cl. The predicted molar refractivity (Wildman–Crippen MR) is 85.6 cm³/mol. The van der Waals surface area contributed by atoms with Crippen molar-refractivity contribution in [3.63, 3.8) is 0 Å². The Bertz CT molecular complexity index is 362. The topological polar surface area (TPSA) is 29.3 Å². The van der Waals surface area contributed by atoms with Gasteiger partial charge in [-0.15, -0.1) is 12.4 Å². The fourth-order valence-electron chi connectivity index (χ4n) is 2.96. The van der Waals surface area contributed by atoms with Gasteiger partial charge in [-0.2, -0.15) is 0 Å². The van der Waals surface area contributed by atoms with Crippen LogP contribution in [0.3, 0.4) is 0 Å². The monoisotopic (exact) mass is 282 g/mol. The number of anilines is 1. The molecule has 0 bridgehead atoms. The normalized spacial score (nSPS) is 16.3. The van der Waals surface area contributed by atoms with Gasteiger partial charge in [0.25, 0.3) is 0 Å². The maximum absolute atomic E-state index is 5.81. The molecule has 19 heavy (non-hydrogen) atoms. The van der Waals surface area contributed by atoms with Gasteiger partial charge in [-0.3, -0.25) is 0 Å². The molecule has 1 saturated carbocycles. The zero-order chi connectivity index (χ0) is 12.8. The van der Waals surface area contributed by atoms with Crippen molar-refractivity contribution in [1.29, 1.82) is 0 Å². The smallest absolute Gasteiger partial charge is 0.0317 e. The summed E-state index contributed by atoms with van der Waals surface area (Å²) in [6, 6.07) is 8.23. The zero-order valence-corrected chi connectivity index (χ0v) is 12.8. The molecule has 1 fully saturated rings. The summed E-state index contributed by atoms with van der Waals surface area (Å²) in [6.07, 6.45) is 8.61. The van der Waals surface area contributed by atoms with E-state index < -0.39 is 0 Å². The molecule has 0 spiro atoms. The van der Waals surface area contributed by atoms with Gasteiger partial charge in [0, 0.05) is 12.2 Å². The van der Waals surface area contributed by atoms with E-state index in [4.69, 9.17) is 5.73 Å². The summed E-state index contributed by atoms with van der Waals surface area (Å²) in [5, 5.41) is 0. The lowest BCUT2D eigenvalue weighted by Crippen LogP contribution is -2.22. The van der Waals surface area contributed by atoms with Gasteiger partial charge in [0.15, 0.2) is 0 Å². The van der Waals surface area contributed by atoms with Crippen LogP contribution in [0.1, 0.15) is 44.1 Å². The van der Waals surface area contributed by atoms with Gasteiger partial charge in [-0.25, -0.2) is 0 Å². The molecule has 0 heterocycles. The molecule has 3 heteroatoms. The van der Waals surface area contributed by atoms with Crippen molar-refractivity contribution in [3.05, 3.63) is 29.8 Å². The Balaban J connectivity index is 0.00000180. The van der Waals surface area contributed by atoms with Crippen molar-refractivity contribution in [2.75, 3.05) is 19.3 Å². The lowest BCUT2D eigenvalue weighted by molar-refractivity contribution is 0.260. The third kappa shape index (κ3) is 5.84. The number of benzene rings is 1. The van der Waals surface area contributed by atoms with Crippen LogP contribution in [0.15, 0.2) is 24.3 Å². The second-order valence-corrected chi connectivity index (χ2v) is 5.78. The molecule has 108 valence electrons. The third-order valence-corrected chi connectivity index (χ3v) is 4.05. The van der Waals surface area contributed by atoms with E-state index in [0.29, 0.717) is 0 Å². The Morgan fingerprint density at radius 3 is 2.63 bits per heavy atom. The van der Waals surface area contributed by atoms with E-state index >= 15 is 0 Å². The minimum atomic E-state index is 0. The van der Waals surface area contributed by atoms with Gasteiger partial charge in [-0.1, -0.05) is 44.2 Å². The summed E-state index contributed by atoms with van der Waals surface area (Å²) < 4.78 is 0. The molecular weight excluding hydrogens is 256 g/mol. The first-order chi connectivity index (χ1) is 8.74. The molecule has 0 atom stereocenters. The molecule has 0 aromatic heterocycles. The van der Waals surface area contributed by atoms with Crippen molar-refractivity contribution in [2.45, 2.75) is 45.1 Å². The Hall–Kier alpha value is -0.730. The molecule has 1 aromatic rings. The van der Waals surface area contributed by atoms with Crippen molar-refractivity contribution in [3.8, 4) is 0 Å². The molecule has 0 amide bonds. The Kier molecular flexibility index (Phi) is 7.25. The molecule has 2 nitrogen and oxygen atoms in total. The van der Waals surface area contributed by atoms with E-state index in [-0.39, 0.29) is 12.4 Å². The molecule has 1 aliphatic rings. The first-order valence-electron chi connectivity index (χ1n) is 7.27. The van der Waals surface area contributed by atoms with Crippen LogP contribution in [0.2, 0.25) is 0 Å². The van der Waals surface area contributed by atoms with E-state index in [2.05, 4.69) is 24.1 Å². The summed E-state index contributed by atoms with van der Waals surface area (Å²) in [7, 11) is 2.21. The van der Waals surface area contributed by atoms with Crippen LogP contribution >= 0.6 is 12.4 Å². The van der Waals surface area contributed by atoms with Gasteiger partial charge < -0.3 is 10.6 Å². The van der Waals surface area contributed by atoms with Gasteiger partial charge in [0.2, 0.25) is 0 Å². The van der Waals surface area contributed by atoms with Crippen molar-refractivity contribution < 1.29 is 0 Å². The van der Waals surface area contributed by atoms with Crippen LogP contribution in [0, 0.1) is 5.92 Å². The van der Waals surface area contributed by atoms with Crippen LogP contribution < -0.4 is 5.73 Å². The Morgan fingerprint density at radius 2 is 1.95 bits per heavy atom. The number of nitrogens with zero attached hydrogens (tertiary/aromatic N) is 1. The number of nitrogen functional groups attached to an aromatic ring is 1. The van der Waals surface area contributed by atoms with Gasteiger partial charge in [0.1, 0.15) is 0 Å². The molecular formula is C16H27ClN2. The van der Waals surface area contributed by atoms with Crippen LogP contribution in [0.25, 0.3) is 0 Å². The van der Waals surface area contributed by atoms with E-state index in [9.17, 15) is 0 Å². The van der Waals surface area contributed by atoms with Crippen molar-refractivity contribution in [2.24, 2.45) is 5.92 Å². The highest BCUT2D eigenvalue weighted by Crippen LogP contribution is 2.26. The van der Waals surface area contributed by atoms with E-state index in [0.717, 1.165) is 18.2 Å². The minimum absolute atomic E-state index is 0. The molecule has 2 N–H and O–H groups in total. The summed E-state index contributed by atoms with van der Waals surface area (Å²) in [6.45, 7) is 2.22. The number of hydrogen-bond donors (Lipinski definition) is 1. The van der Waals surface area contributed by atoms with E-state index in [1.165, 1.54) is 50.6 Å². The summed E-state index contributed by atoms with van der Waals surface area (Å²) >= 11 is 0. The van der Waals surface area contributed by atoms with Crippen LogP contribution in [-0.4, -0.2) is 18.5 Å². The summed E-state index contributed by atoms with van der Waals surface area (Å²) in [5.74, 6) is 0.974. The zero-order valence-electron chi connectivity index (χ0n) is 12.0. The van der Waals surface area contributed by atoms with Crippen LogP contribution in [0.4, 0.5) is 5.69 Å². The maximum Gasteiger partial charge on any atom is 0.0317 e. The van der Waals surface area contributed by atoms with Crippen LogP contribution in [-0.2, 0) is 6.54 Å².